The third kappa shape index (κ3) is 51.6. The average molecular weight is 919 g/mol. The van der Waals surface area contributed by atoms with Gasteiger partial charge in [-0.2, -0.15) is 0 Å². The molecular formula is C60H102O6. The molecule has 1 unspecified atom stereocenters. The van der Waals surface area contributed by atoms with Gasteiger partial charge in [-0.3, -0.25) is 14.4 Å². The van der Waals surface area contributed by atoms with Crippen molar-refractivity contribution in [3.8, 4) is 0 Å². The molecule has 66 heavy (non-hydrogen) atoms. The van der Waals surface area contributed by atoms with E-state index in [9.17, 15) is 14.4 Å². The molecule has 378 valence electrons. The van der Waals surface area contributed by atoms with E-state index < -0.39 is 6.10 Å². The number of esters is 3. The fourth-order valence-electron chi connectivity index (χ4n) is 7.51. The highest BCUT2D eigenvalue weighted by molar-refractivity contribution is 5.71. The first-order valence-electron chi connectivity index (χ1n) is 27.6. The molecule has 0 fully saturated rings. The fraction of sp³-hybridized carbons (Fsp3) is 0.717. The number of unbranched alkanes of at least 4 members (excludes halogenated alkanes) is 24. The van der Waals surface area contributed by atoms with Crippen molar-refractivity contribution in [2.24, 2.45) is 0 Å². The Labute approximate surface area is 407 Å². The van der Waals surface area contributed by atoms with Crippen LogP contribution in [0.1, 0.15) is 258 Å². The van der Waals surface area contributed by atoms with E-state index in [1.54, 1.807) is 0 Å². The maximum absolute atomic E-state index is 12.8. The zero-order valence-corrected chi connectivity index (χ0v) is 43.2. The Kier molecular flexibility index (Phi) is 51.4. The molecule has 0 aromatic rings. The molecule has 0 rings (SSSR count). The van der Waals surface area contributed by atoms with Crippen molar-refractivity contribution in [2.75, 3.05) is 13.2 Å². The summed E-state index contributed by atoms with van der Waals surface area (Å²) in [5.74, 6) is -0.964. The summed E-state index contributed by atoms with van der Waals surface area (Å²) in [7, 11) is 0. The second-order valence-corrected chi connectivity index (χ2v) is 18.1. The summed E-state index contributed by atoms with van der Waals surface area (Å²) >= 11 is 0. The van der Waals surface area contributed by atoms with Crippen molar-refractivity contribution in [1.82, 2.24) is 0 Å². The van der Waals surface area contributed by atoms with Gasteiger partial charge in [-0.1, -0.05) is 234 Å². The number of hydrogen-bond acceptors (Lipinski definition) is 6. The van der Waals surface area contributed by atoms with Gasteiger partial charge in [0.15, 0.2) is 6.10 Å². The van der Waals surface area contributed by atoms with Crippen LogP contribution in [0.15, 0.2) is 85.1 Å². The zero-order chi connectivity index (χ0) is 47.9. The van der Waals surface area contributed by atoms with Gasteiger partial charge in [0.05, 0.1) is 0 Å². The Morgan fingerprint density at radius 3 is 1.02 bits per heavy atom. The molecule has 1 atom stereocenters. The lowest BCUT2D eigenvalue weighted by Crippen LogP contribution is -2.30. The third-order valence-corrected chi connectivity index (χ3v) is 11.6. The van der Waals surface area contributed by atoms with E-state index >= 15 is 0 Å². The first kappa shape index (κ1) is 62.6. The summed E-state index contributed by atoms with van der Waals surface area (Å²) in [5.41, 5.74) is 0. The molecule has 6 heteroatoms. The molecule has 0 aliphatic heterocycles. The van der Waals surface area contributed by atoms with E-state index in [1.165, 1.54) is 116 Å². The van der Waals surface area contributed by atoms with E-state index in [-0.39, 0.29) is 37.5 Å². The summed E-state index contributed by atoms with van der Waals surface area (Å²) in [6.45, 7) is 6.45. The Morgan fingerprint density at radius 1 is 0.318 bits per heavy atom. The smallest absolute Gasteiger partial charge is 0.306 e. The minimum Gasteiger partial charge on any atom is -0.462 e. The highest BCUT2D eigenvalue weighted by atomic mass is 16.6. The topological polar surface area (TPSA) is 78.9 Å². The lowest BCUT2D eigenvalue weighted by atomic mass is 10.0. The van der Waals surface area contributed by atoms with Crippen LogP contribution in [0, 0.1) is 0 Å². The lowest BCUT2D eigenvalue weighted by molar-refractivity contribution is -0.167. The number of allylic oxidation sites excluding steroid dienone is 14. The minimum absolute atomic E-state index is 0.0974. The van der Waals surface area contributed by atoms with Gasteiger partial charge < -0.3 is 14.2 Å². The van der Waals surface area contributed by atoms with E-state index in [2.05, 4.69) is 106 Å². The molecule has 0 radical (unpaired) electrons. The SMILES string of the molecule is CC/C=C\C/C=C\C/C=C\CCCCCCCCC(=O)OC(COC(=O)CCC/C=C\C/C=C\C/C=C\C/C=C\CCCCC)COC(=O)CCCCCCCCCCCCCCCCC. The number of hydrogen-bond donors (Lipinski definition) is 0. The molecule has 0 aliphatic rings. The van der Waals surface area contributed by atoms with Crippen molar-refractivity contribution in [3.63, 3.8) is 0 Å². The summed E-state index contributed by atoms with van der Waals surface area (Å²) in [5, 5.41) is 0. The van der Waals surface area contributed by atoms with Gasteiger partial charge in [0, 0.05) is 19.3 Å². The molecule has 0 aliphatic carbocycles. The molecule has 0 aromatic heterocycles. The maximum Gasteiger partial charge on any atom is 0.306 e. The van der Waals surface area contributed by atoms with Crippen molar-refractivity contribution in [3.05, 3.63) is 85.1 Å². The van der Waals surface area contributed by atoms with Crippen LogP contribution in [0.4, 0.5) is 0 Å². The molecule has 6 nitrogen and oxygen atoms in total. The van der Waals surface area contributed by atoms with Crippen molar-refractivity contribution in [2.45, 2.75) is 264 Å². The van der Waals surface area contributed by atoms with Gasteiger partial charge in [-0.15, -0.1) is 0 Å². The monoisotopic (exact) mass is 919 g/mol. The lowest BCUT2D eigenvalue weighted by Gasteiger charge is -2.18. The van der Waals surface area contributed by atoms with Gasteiger partial charge in [-0.05, 0) is 89.9 Å². The van der Waals surface area contributed by atoms with Crippen LogP contribution >= 0.6 is 0 Å². The van der Waals surface area contributed by atoms with Gasteiger partial charge >= 0.3 is 17.9 Å². The molecule has 0 aromatic carbocycles. The Hall–Kier alpha value is -3.41. The Balaban J connectivity index is 4.48. The van der Waals surface area contributed by atoms with Crippen molar-refractivity contribution in [1.29, 1.82) is 0 Å². The zero-order valence-electron chi connectivity index (χ0n) is 43.2. The second kappa shape index (κ2) is 54.2. The molecule has 0 bridgehead atoms. The predicted octanol–water partition coefficient (Wildman–Crippen LogP) is 18.4. The normalized spacial score (nSPS) is 12.7. The van der Waals surface area contributed by atoms with Crippen molar-refractivity contribution < 1.29 is 28.6 Å². The van der Waals surface area contributed by atoms with Gasteiger partial charge in [-0.25, -0.2) is 0 Å². The number of ether oxygens (including phenoxy) is 3. The van der Waals surface area contributed by atoms with E-state index in [0.717, 1.165) is 96.3 Å². The molecule has 0 N–H and O–H groups in total. The van der Waals surface area contributed by atoms with Gasteiger partial charge in [0.1, 0.15) is 13.2 Å². The predicted molar refractivity (Wildman–Crippen MR) is 284 cm³/mol. The Morgan fingerprint density at radius 2 is 0.606 bits per heavy atom. The highest BCUT2D eigenvalue weighted by Gasteiger charge is 2.19. The number of carbonyl (C=O) groups is 3. The molecule has 0 saturated heterocycles. The van der Waals surface area contributed by atoms with E-state index in [1.807, 2.05) is 0 Å². The van der Waals surface area contributed by atoms with Crippen LogP contribution in [0.2, 0.25) is 0 Å². The number of rotatable bonds is 49. The maximum atomic E-state index is 12.8. The van der Waals surface area contributed by atoms with Gasteiger partial charge in [0.2, 0.25) is 0 Å². The van der Waals surface area contributed by atoms with Crippen molar-refractivity contribution >= 4 is 17.9 Å². The first-order valence-corrected chi connectivity index (χ1v) is 27.6. The van der Waals surface area contributed by atoms with Crippen LogP contribution < -0.4 is 0 Å². The number of carbonyl (C=O) groups excluding carboxylic acids is 3. The molecular weight excluding hydrogens is 817 g/mol. The van der Waals surface area contributed by atoms with Gasteiger partial charge in [0.25, 0.3) is 0 Å². The standard InChI is InChI=1S/C60H102O6/c1-4-7-10-13-16-19-22-25-28-30-33-35-38-41-44-47-50-53-59(62)65-56-57(55-64-58(61)52-49-46-43-40-37-34-31-27-24-21-18-15-12-9-6-3)66-60(63)54-51-48-45-42-39-36-32-29-26-23-20-17-14-11-8-5-2/h8,11,16-17,19-20,25-26,28-29,33,35,41,44,57H,4-7,9-10,12-15,18,21-24,27,30-32,34,36-40,42-43,45-56H2,1-3H3/b11-8-,19-16-,20-17-,28-25-,29-26-,35-33-,44-41-. The summed E-state index contributed by atoms with van der Waals surface area (Å²) in [4.78, 5) is 38.1. The third-order valence-electron chi connectivity index (χ3n) is 11.6. The van der Waals surface area contributed by atoms with Crippen LogP contribution in [0.3, 0.4) is 0 Å². The fourth-order valence-corrected chi connectivity index (χ4v) is 7.51. The van der Waals surface area contributed by atoms with Crippen LogP contribution in [-0.4, -0.2) is 37.2 Å². The average Bonchev–Trinajstić information content (AvgIpc) is 3.31. The summed E-state index contributed by atoms with van der Waals surface area (Å²) in [6, 6.07) is 0. The van der Waals surface area contributed by atoms with E-state index in [4.69, 9.17) is 14.2 Å². The van der Waals surface area contributed by atoms with Crippen LogP contribution in [0.5, 0.6) is 0 Å². The van der Waals surface area contributed by atoms with E-state index in [0.29, 0.717) is 19.3 Å². The Bertz CT molecular complexity index is 1290. The second-order valence-electron chi connectivity index (χ2n) is 18.1. The highest BCUT2D eigenvalue weighted by Crippen LogP contribution is 2.15. The minimum atomic E-state index is -0.804. The quantitative estimate of drug-likeness (QED) is 0.0262. The largest absolute Gasteiger partial charge is 0.462 e. The molecule has 0 spiro atoms. The molecule has 0 heterocycles. The van der Waals surface area contributed by atoms with Crippen LogP contribution in [-0.2, 0) is 28.6 Å². The molecule has 0 amide bonds. The summed E-state index contributed by atoms with van der Waals surface area (Å²) < 4.78 is 16.8. The van der Waals surface area contributed by atoms with Crippen LogP contribution in [0.25, 0.3) is 0 Å². The molecule has 0 saturated carbocycles. The summed E-state index contributed by atoms with van der Waals surface area (Å²) in [6.07, 6.45) is 70.0. The first-order chi connectivity index (χ1) is 32.5.